The highest BCUT2D eigenvalue weighted by atomic mass is 35.5. The topological polar surface area (TPSA) is 54.4 Å². The Morgan fingerprint density at radius 2 is 2.00 bits per heavy atom. The van der Waals surface area contributed by atoms with Crippen molar-refractivity contribution in [3.8, 4) is 0 Å². The molecular formula is C13H9ClO3. The number of benzene rings is 2. The van der Waals surface area contributed by atoms with Crippen LogP contribution < -0.4 is 0 Å². The van der Waals surface area contributed by atoms with Gasteiger partial charge >= 0.3 is 5.97 Å². The largest absolute Gasteiger partial charge is 0.481 e. The molecule has 2 aromatic carbocycles. The van der Waals surface area contributed by atoms with Crippen molar-refractivity contribution in [2.24, 2.45) is 0 Å². The van der Waals surface area contributed by atoms with Gasteiger partial charge in [0, 0.05) is 10.6 Å². The molecule has 0 aliphatic carbocycles. The minimum atomic E-state index is -0.948. The second-order valence-corrected chi connectivity index (χ2v) is 4.10. The van der Waals surface area contributed by atoms with Crippen LogP contribution >= 0.6 is 11.6 Å². The average Bonchev–Trinajstić information content (AvgIpc) is 2.32. The molecule has 2 aromatic rings. The van der Waals surface area contributed by atoms with E-state index in [-0.39, 0.29) is 6.42 Å². The number of hydrogen-bond acceptors (Lipinski definition) is 2. The number of aldehydes is 1. The summed E-state index contributed by atoms with van der Waals surface area (Å²) in [6.45, 7) is 0. The highest BCUT2D eigenvalue weighted by Crippen LogP contribution is 2.27. The minimum Gasteiger partial charge on any atom is -0.481 e. The van der Waals surface area contributed by atoms with E-state index in [4.69, 9.17) is 16.7 Å². The van der Waals surface area contributed by atoms with Gasteiger partial charge in [0.1, 0.15) is 6.29 Å². The average molecular weight is 249 g/mol. The molecule has 0 aromatic heterocycles. The zero-order valence-electron chi connectivity index (χ0n) is 8.81. The molecule has 0 bridgehead atoms. The van der Waals surface area contributed by atoms with Crippen molar-refractivity contribution in [1.82, 2.24) is 0 Å². The van der Waals surface area contributed by atoms with E-state index in [0.717, 1.165) is 11.7 Å². The summed E-state index contributed by atoms with van der Waals surface area (Å²) >= 11 is 5.99. The van der Waals surface area contributed by atoms with Crippen LogP contribution in [-0.2, 0) is 11.2 Å². The van der Waals surface area contributed by atoms with E-state index >= 15 is 0 Å². The lowest BCUT2D eigenvalue weighted by atomic mass is 10.00. The third-order valence-electron chi connectivity index (χ3n) is 2.56. The van der Waals surface area contributed by atoms with E-state index in [1.54, 1.807) is 30.3 Å². The van der Waals surface area contributed by atoms with Gasteiger partial charge in [0.05, 0.1) is 6.42 Å². The summed E-state index contributed by atoms with van der Waals surface area (Å²) in [6, 6.07) is 8.60. The quantitative estimate of drug-likeness (QED) is 0.850. The Morgan fingerprint density at radius 1 is 1.29 bits per heavy atom. The molecule has 0 heterocycles. The maximum atomic E-state index is 10.8. The summed E-state index contributed by atoms with van der Waals surface area (Å²) in [6.07, 6.45) is 0.573. The number of halogens is 1. The second kappa shape index (κ2) is 4.55. The van der Waals surface area contributed by atoms with Gasteiger partial charge < -0.3 is 5.11 Å². The zero-order valence-corrected chi connectivity index (χ0v) is 9.57. The lowest BCUT2D eigenvalue weighted by molar-refractivity contribution is -0.136. The first-order valence-electron chi connectivity index (χ1n) is 5.00. The van der Waals surface area contributed by atoms with Crippen molar-refractivity contribution in [3.63, 3.8) is 0 Å². The van der Waals surface area contributed by atoms with Crippen LogP contribution in [-0.4, -0.2) is 17.4 Å². The molecule has 86 valence electrons. The van der Waals surface area contributed by atoms with Crippen LogP contribution in [0.2, 0.25) is 5.02 Å². The first-order valence-corrected chi connectivity index (χ1v) is 5.37. The Kier molecular flexibility index (Phi) is 3.11. The number of hydrogen-bond donors (Lipinski definition) is 1. The maximum absolute atomic E-state index is 10.8. The third-order valence-corrected chi connectivity index (χ3v) is 2.92. The lowest BCUT2D eigenvalue weighted by Gasteiger charge is -2.07. The second-order valence-electron chi connectivity index (χ2n) is 3.69. The Labute approximate surface area is 103 Å². The Balaban J connectivity index is 2.72. The molecule has 0 radical (unpaired) electrons. The fourth-order valence-corrected chi connectivity index (χ4v) is 2.01. The predicted octanol–water partition coefficient (Wildman–Crippen LogP) is 2.93. The Hall–Kier alpha value is -1.87. The van der Waals surface area contributed by atoms with Crippen LogP contribution in [0, 0.1) is 0 Å². The van der Waals surface area contributed by atoms with Crippen LogP contribution in [0.25, 0.3) is 10.8 Å². The summed E-state index contributed by atoms with van der Waals surface area (Å²) in [5.74, 6) is -0.948. The van der Waals surface area contributed by atoms with Crippen LogP contribution in [0.5, 0.6) is 0 Å². The molecule has 1 N–H and O–H groups in total. The van der Waals surface area contributed by atoms with Crippen molar-refractivity contribution in [2.75, 3.05) is 0 Å². The number of carboxylic acids is 1. The van der Waals surface area contributed by atoms with Crippen molar-refractivity contribution in [1.29, 1.82) is 0 Å². The first-order chi connectivity index (χ1) is 8.11. The fourth-order valence-electron chi connectivity index (χ4n) is 1.78. The molecule has 0 atom stereocenters. The van der Waals surface area contributed by atoms with Gasteiger partial charge in [0.15, 0.2) is 0 Å². The number of carbonyl (C=O) groups excluding carboxylic acids is 1. The van der Waals surface area contributed by atoms with Crippen molar-refractivity contribution < 1.29 is 14.7 Å². The van der Waals surface area contributed by atoms with E-state index in [2.05, 4.69) is 0 Å². The fraction of sp³-hybridized carbons (Fsp3) is 0.0769. The summed E-state index contributed by atoms with van der Waals surface area (Å²) in [4.78, 5) is 21.5. The van der Waals surface area contributed by atoms with Gasteiger partial charge in [0.25, 0.3) is 0 Å². The van der Waals surface area contributed by atoms with Crippen LogP contribution in [0.1, 0.15) is 15.9 Å². The highest BCUT2D eigenvalue weighted by molar-refractivity contribution is 6.32. The molecule has 0 fully saturated rings. The molecule has 2 rings (SSSR count). The van der Waals surface area contributed by atoms with Gasteiger partial charge in [-0.1, -0.05) is 29.8 Å². The molecule has 0 saturated carbocycles. The van der Waals surface area contributed by atoms with Crippen molar-refractivity contribution >= 4 is 34.6 Å². The van der Waals surface area contributed by atoms with E-state index in [0.29, 0.717) is 21.5 Å². The molecule has 0 saturated heterocycles. The van der Waals surface area contributed by atoms with Crippen molar-refractivity contribution in [2.45, 2.75) is 6.42 Å². The zero-order chi connectivity index (χ0) is 12.4. The molecule has 0 amide bonds. The lowest BCUT2D eigenvalue weighted by Crippen LogP contribution is -2.01. The molecule has 0 aliphatic heterocycles. The van der Waals surface area contributed by atoms with Crippen molar-refractivity contribution in [3.05, 3.63) is 46.5 Å². The number of aliphatic carboxylic acids is 1. The highest BCUT2D eigenvalue weighted by Gasteiger charge is 2.10. The van der Waals surface area contributed by atoms with E-state index < -0.39 is 5.97 Å². The van der Waals surface area contributed by atoms with Gasteiger partial charge in [0.2, 0.25) is 0 Å². The SMILES string of the molecule is O=Cc1ccc2ccc(Cl)c(CC(=O)O)c2c1. The van der Waals surface area contributed by atoms with Gasteiger partial charge in [-0.3, -0.25) is 9.59 Å². The molecule has 3 nitrogen and oxygen atoms in total. The summed E-state index contributed by atoms with van der Waals surface area (Å²) in [5.41, 5.74) is 1.05. The van der Waals surface area contributed by atoms with Crippen LogP contribution in [0.3, 0.4) is 0 Å². The Bertz CT molecular complexity index is 605. The molecule has 0 spiro atoms. The number of fused-ring (bicyclic) bond motifs is 1. The van der Waals surface area contributed by atoms with Gasteiger partial charge in [-0.05, 0) is 28.5 Å². The normalized spacial score (nSPS) is 10.4. The van der Waals surface area contributed by atoms with Gasteiger partial charge in [-0.15, -0.1) is 0 Å². The summed E-state index contributed by atoms with van der Waals surface area (Å²) in [7, 11) is 0. The van der Waals surface area contributed by atoms with Gasteiger partial charge in [-0.2, -0.15) is 0 Å². The summed E-state index contributed by atoms with van der Waals surface area (Å²) in [5, 5.41) is 10.8. The molecule has 17 heavy (non-hydrogen) atoms. The first kappa shape index (κ1) is 11.6. The van der Waals surface area contributed by atoms with Gasteiger partial charge in [-0.25, -0.2) is 0 Å². The Morgan fingerprint density at radius 3 is 2.65 bits per heavy atom. The van der Waals surface area contributed by atoms with Crippen LogP contribution in [0.15, 0.2) is 30.3 Å². The van der Waals surface area contributed by atoms with Crippen LogP contribution in [0.4, 0.5) is 0 Å². The third kappa shape index (κ3) is 2.29. The number of carboxylic acid groups (broad SMARTS) is 1. The predicted molar refractivity (Wildman–Crippen MR) is 65.7 cm³/mol. The molecule has 0 unspecified atom stereocenters. The standard InChI is InChI=1S/C13H9ClO3/c14-12-4-3-9-2-1-8(7-15)5-10(9)11(12)6-13(16)17/h1-5,7H,6H2,(H,16,17). The molecular weight excluding hydrogens is 240 g/mol. The number of carbonyl (C=O) groups is 2. The van der Waals surface area contributed by atoms with E-state index in [1.165, 1.54) is 0 Å². The van der Waals surface area contributed by atoms with E-state index in [1.807, 2.05) is 0 Å². The van der Waals surface area contributed by atoms with E-state index in [9.17, 15) is 9.59 Å². The maximum Gasteiger partial charge on any atom is 0.307 e. The minimum absolute atomic E-state index is 0.154. The smallest absolute Gasteiger partial charge is 0.307 e. The summed E-state index contributed by atoms with van der Waals surface area (Å²) < 4.78 is 0. The number of rotatable bonds is 3. The molecule has 0 aliphatic rings. The molecule has 4 heteroatoms. The monoisotopic (exact) mass is 248 g/mol.